The molecule has 1 saturated heterocycles. The summed E-state index contributed by atoms with van der Waals surface area (Å²) in [7, 11) is 0. The maximum atomic E-state index is 12.7. The van der Waals surface area contributed by atoms with Crippen LogP contribution in [-0.4, -0.2) is 29.3 Å². The first-order chi connectivity index (χ1) is 13.7. The summed E-state index contributed by atoms with van der Waals surface area (Å²) in [5.74, 6) is -0.165. The topological polar surface area (TPSA) is 74.6 Å². The third-order valence-corrected chi connectivity index (χ3v) is 4.76. The molecule has 6 nitrogen and oxygen atoms in total. The lowest BCUT2D eigenvalue weighted by molar-refractivity contribution is -0.119. The monoisotopic (exact) mass is 375 g/mol. The summed E-state index contributed by atoms with van der Waals surface area (Å²) in [5, 5.41) is 6.22. The first kappa shape index (κ1) is 17.9. The highest BCUT2D eigenvalue weighted by atomic mass is 16.3. The van der Waals surface area contributed by atoms with Crippen LogP contribution in [0.1, 0.15) is 23.4 Å². The van der Waals surface area contributed by atoms with Gasteiger partial charge in [0.15, 0.2) is 5.76 Å². The Morgan fingerprint density at radius 3 is 2.32 bits per heavy atom. The smallest absolute Gasteiger partial charge is 0.290 e. The van der Waals surface area contributed by atoms with Crippen LogP contribution in [0.15, 0.2) is 77.4 Å². The van der Waals surface area contributed by atoms with Gasteiger partial charge in [-0.15, -0.1) is 0 Å². The Hall–Kier alpha value is -3.54. The van der Waals surface area contributed by atoms with Gasteiger partial charge in [0, 0.05) is 23.6 Å². The van der Waals surface area contributed by atoms with E-state index >= 15 is 0 Å². The van der Waals surface area contributed by atoms with Gasteiger partial charge in [-0.05, 0) is 61.4 Å². The van der Waals surface area contributed by atoms with Gasteiger partial charge in [-0.3, -0.25) is 9.59 Å². The Morgan fingerprint density at radius 2 is 1.61 bits per heavy atom. The van der Waals surface area contributed by atoms with Gasteiger partial charge in [0.1, 0.15) is 6.04 Å². The molecule has 1 unspecified atom stereocenters. The first-order valence-corrected chi connectivity index (χ1v) is 9.28. The maximum absolute atomic E-state index is 12.7. The van der Waals surface area contributed by atoms with Gasteiger partial charge >= 0.3 is 0 Å². The molecule has 4 rings (SSSR count). The molecule has 6 heteroatoms. The number of nitrogens with one attached hydrogen (secondary N) is 2. The number of furan rings is 1. The van der Waals surface area contributed by atoms with Crippen LogP contribution in [-0.2, 0) is 4.79 Å². The number of carbonyl (C=O) groups excluding carboxylic acids is 2. The molecule has 0 spiro atoms. The third-order valence-electron chi connectivity index (χ3n) is 4.76. The van der Waals surface area contributed by atoms with E-state index in [-0.39, 0.29) is 17.6 Å². The van der Waals surface area contributed by atoms with Gasteiger partial charge in [0.2, 0.25) is 5.91 Å². The van der Waals surface area contributed by atoms with Crippen LogP contribution < -0.4 is 10.6 Å². The minimum Gasteiger partial charge on any atom is -0.459 e. The average Bonchev–Trinajstić information content (AvgIpc) is 3.42. The molecule has 1 aliphatic heterocycles. The van der Waals surface area contributed by atoms with Crippen LogP contribution in [0.3, 0.4) is 0 Å². The van der Waals surface area contributed by atoms with E-state index in [0.29, 0.717) is 18.7 Å². The molecule has 0 aliphatic carbocycles. The number of carbonyl (C=O) groups is 2. The second kappa shape index (κ2) is 8.00. The summed E-state index contributed by atoms with van der Waals surface area (Å²) >= 11 is 0. The van der Waals surface area contributed by atoms with Gasteiger partial charge in [-0.25, -0.2) is 0 Å². The third kappa shape index (κ3) is 3.91. The number of likely N-dealkylation sites (tertiary alicyclic amines) is 1. The molecule has 0 radical (unpaired) electrons. The van der Waals surface area contributed by atoms with Gasteiger partial charge in [0.25, 0.3) is 5.91 Å². The Labute approximate surface area is 163 Å². The van der Waals surface area contributed by atoms with E-state index in [1.165, 1.54) is 6.26 Å². The molecular weight excluding hydrogens is 354 g/mol. The number of benzene rings is 2. The normalized spacial score (nSPS) is 16.0. The second-order valence-corrected chi connectivity index (χ2v) is 6.69. The molecule has 1 aliphatic rings. The molecule has 1 atom stereocenters. The molecule has 2 aromatic carbocycles. The SMILES string of the molecule is O=C(Nc1ccc(Nc2ccccc2)cc1)C1CCCN1C(=O)c1ccco1. The first-order valence-electron chi connectivity index (χ1n) is 9.28. The largest absolute Gasteiger partial charge is 0.459 e. The molecule has 0 saturated carbocycles. The molecule has 28 heavy (non-hydrogen) atoms. The number of rotatable bonds is 5. The highest BCUT2D eigenvalue weighted by Crippen LogP contribution is 2.23. The van der Waals surface area contributed by atoms with Crippen molar-refractivity contribution in [2.24, 2.45) is 0 Å². The zero-order valence-electron chi connectivity index (χ0n) is 15.3. The lowest BCUT2D eigenvalue weighted by Crippen LogP contribution is -2.43. The summed E-state index contributed by atoms with van der Waals surface area (Å²) in [6.45, 7) is 0.553. The van der Waals surface area contributed by atoms with Crippen LogP contribution in [0.4, 0.5) is 17.1 Å². The fraction of sp³-hybridized carbons (Fsp3) is 0.182. The summed E-state index contributed by atoms with van der Waals surface area (Å²) in [5.41, 5.74) is 2.62. The summed E-state index contributed by atoms with van der Waals surface area (Å²) < 4.78 is 5.19. The van der Waals surface area contributed by atoms with Crippen molar-refractivity contribution in [1.29, 1.82) is 0 Å². The van der Waals surface area contributed by atoms with Crippen LogP contribution in [0.25, 0.3) is 0 Å². The Morgan fingerprint density at radius 1 is 0.893 bits per heavy atom. The highest BCUT2D eigenvalue weighted by molar-refractivity contribution is 6.00. The van der Waals surface area contributed by atoms with Gasteiger partial charge in [-0.1, -0.05) is 18.2 Å². The lowest BCUT2D eigenvalue weighted by atomic mass is 10.2. The van der Waals surface area contributed by atoms with Crippen LogP contribution in [0.5, 0.6) is 0 Å². The number of amides is 2. The van der Waals surface area contributed by atoms with Crippen molar-refractivity contribution in [2.75, 3.05) is 17.2 Å². The molecule has 2 N–H and O–H groups in total. The van der Waals surface area contributed by atoms with E-state index < -0.39 is 6.04 Å². The van der Waals surface area contributed by atoms with Crippen molar-refractivity contribution >= 4 is 28.9 Å². The Bertz CT molecular complexity index is 937. The molecular formula is C22H21N3O3. The lowest BCUT2D eigenvalue weighted by Gasteiger charge is -2.23. The number of hydrogen-bond acceptors (Lipinski definition) is 4. The molecule has 1 fully saturated rings. The van der Waals surface area contributed by atoms with Crippen LogP contribution >= 0.6 is 0 Å². The second-order valence-electron chi connectivity index (χ2n) is 6.69. The minimum absolute atomic E-state index is 0.179. The Kier molecular flexibility index (Phi) is 5.10. The van der Waals surface area contributed by atoms with Crippen LogP contribution in [0.2, 0.25) is 0 Å². The summed E-state index contributed by atoms with van der Waals surface area (Å²) in [6.07, 6.45) is 2.90. The van der Waals surface area contributed by atoms with Crippen molar-refractivity contribution in [2.45, 2.75) is 18.9 Å². The standard InChI is InChI=1S/C22H21N3O3/c26-21(19-8-4-14-25(19)22(27)20-9-5-15-28-20)24-18-12-10-17(11-13-18)23-16-6-2-1-3-7-16/h1-3,5-7,9-13,15,19,23H,4,8,14H2,(H,24,26). The van der Waals surface area contributed by atoms with Gasteiger partial charge < -0.3 is 20.0 Å². The van der Waals surface area contributed by atoms with Crippen molar-refractivity contribution in [1.82, 2.24) is 4.90 Å². The number of para-hydroxylation sites is 1. The molecule has 1 aromatic heterocycles. The quantitative estimate of drug-likeness (QED) is 0.698. The zero-order chi connectivity index (χ0) is 19.3. The zero-order valence-corrected chi connectivity index (χ0v) is 15.3. The maximum Gasteiger partial charge on any atom is 0.290 e. The number of hydrogen-bond donors (Lipinski definition) is 2. The molecule has 142 valence electrons. The Balaban J connectivity index is 1.39. The summed E-state index contributed by atoms with van der Waals surface area (Å²) in [4.78, 5) is 26.8. The van der Waals surface area contributed by atoms with Crippen molar-refractivity contribution in [3.8, 4) is 0 Å². The number of anilines is 3. The van der Waals surface area contributed by atoms with E-state index in [1.54, 1.807) is 17.0 Å². The fourth-order valence-electron chi connectivity index (χ4n) is 3.37. The van der Waals surface area contributed by atoms with Gasteiger partial charge in [0.05, 0.1) is 6.26 Å². The van der Waals surface area contributed by atoms with Crippen LogP contribution in [0, 0.1) is 0 Å². The minimum atomic E-state index is -0.486. The predicted molar refractivity (Wildman–Crippen MR) is 108 cm³/mol. The van der Waals surface area contributed by atoms with E-state index in [0.717, 1.165) is 17.8 Å². The van der Waals surface area contributed by atoms with E-state index in [9.17, 15) is 9.59 Å². The average molecular weight is 375 g/mol. The fourth-order valence-corrected chi connectivity index (χ4v) is 3.37. The molecule has 2 amide bonds. The molecule has 2 heterocycles. The number of nitrogens with zero attached hydrogens (tertiary/aromatic N) is 1. The highest BCUT2D eigenvalue weighted by Gasteiger charge is 2.35. The van der Waals surface area contributed by atoms with Gasteiger partial charge in [-0.2, -0.15) is 0 Å². The predicted octanol–water partition coefficient (Wildman–Crippen LogP) is 4.27. The van der Waals surface area contributed by atoms with Crippen molar-refractivity contribution in [3.63, 3.8) is 0 Å². The van der Waals surface area contributed by atoms with Crippen molar-refractivity contribution in [3.05, 3.63) is 78.8 Å². The van der Waals surface area contributed by atoms with E-state index in [2.05, 4.69) is 10.6 Å². The summed E-state index contributed by atoms with van der Waals surface area (Å²) in [6, 6.07) is 20.2. The van der Waals surface area contributed by atoms with Crippen molar-refractivity contribution < 1.29 is 14.0 Å². The molecule has 0 bridgehead atoms. The van der Waals surface area contributed by atoms with E-state index in [4.69, 9.17) is 4.42 Å². The molecule has 3 aromatic rings. The van der Waals surface area contributed by atoms with E-state index in [1.807, 2.05) is 54.6 Å².